The van der Waals surface area contributed by atoms with E-state index in [0.717, 1.165) is 31.0 Å². The topological polar surface area (TPSA) is 41.5 Å². The maximum atomic E-state index is 13.8. The SMILES string of the molecule is CN(C[C@@H]1CN(Cc2ccccc2F)CCO1)c1cccnn1. The molecule has 122 valence electrons. The van der Waals surface area contributed by atoms with Gasteiger partial charge in [-0.2, -0.15) is 5.10 Å². The van der Waals surface area contributed by atoms with E-state index in [1.165, 1.54) is 6.07 Å². The normalized spacial score (nSPS) is 18.8. The molecule has 2 aromatic rings. The summed E-state index contributed by atoms with van der Waals surface area (Å²) in [5.41, 5.74) is 0.732. The average Bonchev–Trinajstić information content (AvgIpc) is 2.58. The number of nitrogens with zero attached hydrogens (tertiary/aromatic N) is 4. The smallest absolute Gasteiger partial charge is 0.151 e. The van der Waals surface area contributed by atoms with E-state index in [4.69, 9.17) is 4.74 Å². The third kappa shape index (κ3) is 4.24. The second-order valence-corrected chi connectivity index (χ2v) is 5.78. The molecule has 1 fully saturated rings. The number of anilines is 1. The Balaban J connectivity index is 1.57. The van der Waals surface area contributed by atoms with Gasteiger partial charge in [-0.25, -0.2) is 4.39 Å². The average molecular weight is 316 g/mol. The molecule has 23 heavy (non-hydrogen) atoms. The van der Waals surface area contributed by atoms with E-state index in [2.05, 4.69) is 15.1 Å². The summed E-state index contributed by atoms with van der Waals surface area (Å²) in [5.74, 6) is 0.676. The van der Waals surface area contributed by atoms with Gasteiger partial charge in [0, 0.05) is 45.0 Å². The van der Waals surface area contributed by atoms with Gasteiger partial charge in [0.15, 0.2) is 5.82 Å². The summed E-state index contributed by atoms with van der Waals surface area (Å²) in [6.07, 6.45) is 1.73. The number of ether oxygens (including phenoxy) is 1. The number of hydrogen-bond acceptors (Lipinski definition) is 5. The lowest BCUT2D eigenvalue weighted by atomic mass is 10.1. The van der Waals surface area contributed by atoms with Crippen LogP contribution in [0.2, 0.25) is 0 Å². The molecule has 2 heterocycles. The van der Waals surface area contributed by atoms with Crippen molar-refractivity contribution >= 4 is 5.82 Å². The zero-order valence-corrected chi connectivity index (χ0v) is 13.2. The first-order valence-corrected chi connectivity index (χ1v) is 7.78. The Hall–Kier alpha value is -2.05. The summed E-state index contributed by atoms with van der Waals surface area (Å²) in [6.45, 7) is 3.60. The van der Waals surface area contributed by atoms with Crippen molar-refractivity contribution < 1.29 is 9.13 Å². The predicted octanol–water partition coefficient (Wildman–Crippen LogP) is 1.95. The highest BCUT2D eigenvalue weighted by molar-refractivity contribution is 5.35. The quantitative estimate of drug-likeness (QED) is 0.843. The van der Waals surface area contributed by atoms with Crippen LogP contribution in [-0.2, 0) is 11.3 Å². The van der Waals surface area contributed by atoms with Gasteiger partial charge in [0.1, 0.15) is 5.82 Å². The highest BCUT2D eigenvalue weighted by Crippen LogP contribution is 2.15. The summed E-state index contributed by atoms with van der Waals surface area (Å²) in [5, 5.41) is 7.99. The highest BCUT2D eigenvalue weighted by atomic mass is 19.1. The molecule has 6 heteroatoms. The van der Waals surface area contributed by atoms with Crippen molar-refractivity contribution in [2.24, 2.45) is 0 Å². The van der Waals surface area contributed by atoms with Crippen LogP contribution in [0.15, 0.2) is 42.6 Å². The van der Waals surface area contributed by atoms with Crippen molar-refractivity contribution in [1.29, 1.82) is 0 Å². The Labute approximate surface area is 135 Å². The third-order valence-electron chi connectivity index (χ3n) is 4.00. The molecule has 5 nitrogen and oxygen atoms in total. The molecule has 1 saturated heterocycles. The van der Waals surface area contributed by atoms with Gasteiger partial charge in [-0.05, 0) is 18.2 Å². The molecule has 0 saturated carbocycles. The fraction of sp³-hybridized carbons (Fsp3) is 0.412. The zero-order valence-electron chi connectivity index (χ0n) is 13.2. The fourth-order valence-electron chi connectivity index (χ4n) is 2.80. The van der Waals surface area contributed by atoms with E-state index in [1.807, 2.05) is 36.2 Å². The van der Waals surface area contributed by atoms with Crippen LogP contribution < -0.4 is 4.90 Å². The minimum Gasteiger partial charge on any atom is -0.374 e. The molecule has 0 unspecified atom stereocenters. The molecule has 0 radical (unpaired) electrons. The Morgan fingerprint density at radius 1 is 1.30 bits per heavy atom. The van der Waals surface area contributed by atoms with Crippen LogP contribution in [0.5, 0.6) is 0 Å². The maximum Gasteiger partial charge on any atom is 0.151 e. The minimum absolute atomic E-state index is 0.0718. The van der Waals surface area contributed by atoms with Crippen LogP contribution in [0.4, 0.5) is 10.2 Å². The van der Waals surface area contributed by atoms with Crippen molar-refractivity contribution in [3.05, 3.63) is 54.0 Å². The maximum absolute atomic E-state index is 13.8. The fourth-order valence-corrected chi connectivity index (χ4v) is 2.80. The molecule has 0 N–H and O–H groups in total. The first-order chi connectivity index (χ1) is 11.2. The monoisotopic (exact) mass is 316 g/mol. The van der Waals surface area contributed by atoms with E-state index in [0.29, 0.717) is 13.2 Å². The molecular formula is C17H21FN4O. The van der Waals surface area contributed by atoms with E-state index in [1.54, 1.807) is 12.3 Å². The zero-order chi connectivity index (χ0) is 16.1. The second-order valence-electron chi connectivity index (χ2n) is 5.78. The molecule has 1 aromatic heterocycles. The van der Waals surface area contributed by atoms with Crippen LogP contribution in [0.25, 0.3) is 0 Å². The molecule has 0 amide bonds. The lowest BCUT2D eigenvalue weighted by Crippen LogP contribution is -2.46. The summed E-state index contributed by atoms with van der Waals surface area (Å²) in [6, 6.07) is 10.7. The van der Waals surface area contributed by atoms with Gasteiger partial charge in [0.2, 0.25) is 0 Å². The van der Waals surface area contributed by atoms with Crippen LogP contribution in [-0.4, -0.2) is 54.5 Å². The van der Waals surface area contributed by atoms with Crippen LogP contribution in [0, 0.1) is 5.82 Å². The first kappa shape index (κ1) is 15.8. The van der Waals surface area contributed by atoms with E-state index in [9.17, 15) is 4.39 Å². The van der Waals surface area contributed by atoms with Gasteiger partial charge in [-0.15, -0.1) is 5.10 Å². The Morgan fingerprint density at radius 3 is 2.96 bits per heavy atom. The van der Waals surface area contributed by atoms with Crippen molar-refractivity contribution in [1.82, 2.24) is 15.1 Å². The van der Waals surface area contributed by atoms with Gasteiger partial charge in [-0.1, -0.05) is 18.2 Å². The highest BCUT2D eigenvalue weighted by Gasteiger charge is 2.23. The number of halogens is 1. The van der Waals surface area contributed by atoms with Gasteiger partial charge >= 0.3 is 0 Å². The predicted molar refractivity (Wildman–Crippen MR) is 86.7 cm³/mol. The number of benzene rings is 1. The third-order valence-corrected chi connectivity index (χ3v) is 4.00. The van der Waals surface area contributed by atoms with Gasteiger partial charge < -0.3 is 9.64 Å². The van der Waals surface area contributed by atoms with Gasteiger partial charge in [-0.3, -0.25) is 4.90 Å². The molecule has 1 aliphatic rings. The van der Waals surface area contributed by atoms with Crippen LogP contribution in [0.1, 0.15) is 5.56 Å². The molecule has 0 aliphatic carbocycles. The number of aromatic nitrogens is 2. The molecule has 3 rings (SSSR count). The summed E-state index contributed by atoms with van der Waals surface area (Å²) >= 11 is 0. The van der Waals surface area contributed by atoms with E-state index < -0.39 is 0 Å². The molecule has 0 spiro atoms. The Kier molecular flexibility index (Phi) is 5.15. The number of hydrogen-bond donors (Lipinski definition) is 0. The number of rotatable bonds is 5. The van der Waals surface area contributed by atoms with Gasteiger partial charge in [0.25, 0.3) is 0 Å². The molecule has 1 atom stereocenters. The number of likely N-dealkylation sites (N-methyl/N-ethyl adjacent to an activating group) is 1. The first-order valence-electron chi connectivity index (χ1n) is 7.78. The van der Waals surface area contributed by atoms with Crippen molar-refractivity contribution in [3.63, 3.8) is 0 Å². The Morgan fingerprint density at radius 2 is 2.17 bits per heavy atom. The number of morpholine rings is 1. The van der Waals surface area contributed by atoms with Crippen molar-refractivity contribution in [2.75, 3.05) is 38.2 Å². The molecule has 0 bridgehead atoms. The van der Waals surface area contributed by atoms with Gasteiger partial charge in [0.05, 0.1) is 12.7 Å². The van der Waals surface area contributed by atoms with Crippen molar-refractivity contribution in [3.8, 4) is 0 Å². The van der Waals surface area contributed by atoms with Crippen LogP contribution in [0.3, 0.4) is 0 Å². The lowest BCUT2D eigenvalue weighted by molar-refractivity contribution is -0.0267. The summed E-state index contributed by atoms with van der Waals surface area (Å²) in [7, 11) is 1.98. The summed E-state index contributed by atoms with van der Waals surface area (Å²) in [4.78, 5) is 4.27. The molecule has 1 aromatic carbocycles. The van der Waals surface area contributed by atoms with Crippen LogP contribution >= 0.6 is 0 Å². The lowest BCUT2D eigenvalue weighted by Gasteiger charge is -2.35. The van der Waals surface area contributed by atoms with E-state index >= 15 is 0 Å². The minimum atomic E-state index is -0.146. The molecule has 1 aliphatic heterocycles. The largest absolute Gasteiger partial charge is 0.374 e. The molecular weight excluding hydrogens is 295 g/mol. The van der Waals surface area contributed by atoms with Crippen molar-refractivity contribution in [2.45, 2.75) is 12.6 Å². The van der Waals surface area contributed by atoms with E-state index in [-0.39, 0.29) is 11.9 Å². The summed E-state index contributed by atoms with van der Waals surface area (Å²) < 4.78 is 19.6. The second kappa shape index (κ2) is 7.48. The Bertz CT molecular complexity index is 625. The standard InChI is InChI=1S/C17H21FN4O/c1-21(17-7-4-8-19-20-17)12-15-13-22(9-10-23-15)11-14-5-2-3-6-16(14)18/h2-8,15H,9-13H2,1H3/t15-/m1/s1.